The number of halogens is 1. The van der Waals surface area contributed by atoms with Crippen molar-refractivity contribution < 1.29 is 9.13 Å². The van der Waals surface area contributed by atoms with Crippen molar-refractivity contribution in [2.45, 2.75) is 32.4 Å². The number of benzene rings is 1. The Labute approximate surface area is 153 Å². The minimum Gasteiger partial charge on any atom is -0.380 e. The van der Waals surface area contributed by atoms with Gasteiger partial charge in [-0.25, -0.2) is 4.39 Å². The average molecular weight is 364 g/mol. The van der Waals surface area contributed by atoms with Crippen LogP contribution in [0.25, 0.3) is 0 Å². The van der Waals surface area contributed by atoms with Gasteiger partial charge >= 0.3 is 0 Å². The topological polar surface area (TPSA) is 45.7 Å². The molecular formula is C19H26FN3OS. The Morgan fingerprint density at radius 3 is 2.72 bits per heavy atom. The Balaban J connectivity index is 1.91. The molecule has 0 unspecified atom stereocenters. The molecule has 2 aromatic rings. The van der Waals surface area contributed by atoms with Gasteiger partial charge in [0.25, 0.3) is 0 Å². The lowest BCUT2D eigenvalue weighted by Gasteiger charge is -2.25. The van der Waals surface area contributed by atoms with Crippen LogP contribution in [-0.4, -0.2) is 26.7 Å². The number of rotatable bonds is 7. The predicted octanol–water partition coefficient (Wildman–Crippen LogP) is 3.68. The highest BCUT2D eigenvalue weighted by Crippen LogP contribution is 2.26. The summed E-state index contributed by atoms with van der Waals surface area (Å²) >= 11 is 1.76. The fourth-order valence-electron chi connectivity index (χ4n) is 2.47. The summed E-state index contributed by atoms with van der Waals surface area (Å²) in [7, 11) is 3.31. The molecule has 0 bridgehead atoms. The molecule has 2 N–H and O–H groups in total. The molecule has 0 amide bonds. The first-order valence-corrected chi connectivity index (χ1v) is 9.09. The lowest BCUT2D eigenvalue weighted by Crippen LogP contribution is -2.42. The van der Waals surface area contributed by atoms with E-state index < -0.39 is 0 Å². The number of methoxy groups -OCH3 is 1. The van der Waals surface area contributed by atoms with Crippen molar-refractivity contribution in [3.63, 3.8) is 0 Å². The van der Waals surface area contributed by atoms with Gasteiger partial charge in [-0.05, 0) is 29.1 Å². The van der Waals surface area contributed by atoms with E-state index >= 15 is 0 Å². The molecule has 0 aliphatic rings. The van der Waals surface area contributed by atoms with Crippen molar-refractivity contribution in [3.8, 4) is 0 Å². The molecule has 25 heavy (non-hydrogen) atoms. The van der Waals surface area contributed by atoms with Crippen molar-refractivity contribution in [1.29, 1.82) is 0 Å². The largest absolute Gasteiger partial charge is 0.380 e. The molecule has 2 rings (SSSR count). The van der Waals surface area contributed by atoms with E-state index in [2.05, 4.69) is 47.0 Å². The molecule has 136 valence electrons. The van der Waals surface area contributed by atoms with Gasteiger partial charge in [-0.15, -0.1) is 11.3 Å². The van der Waals surface area contributed by atoms with Crippen molar-refractivity contribution >= 4 is 17.3 Å². The molecular weight excluding hydrogens is 337 g/mol. The van der Waals surface area contributed by atoms with E-state index in [1.807, 2.05) is 6.07 Å². The highest BCUT2D eigenvalue weighted by Gasteiger charge is 2.21. The highest BCUT2D eigenvalue weighted by atomic mass is 32.1. The van der Waals surface area contributed by atoms with Crippen LogP contribution in [0.2, 0.25) is 0 Å². The zero-order valence-corrected chi connectivity index (χ0v) is 16.0. The van der Waals surface area contributed by atoms with E-state index in [-0.39, 0.29) is 17.8 Å². The molecule has 1 aromatic heterocycles. The van der Waals surface area contributed by atoms with Crippen molar-refractivity contribution in [2.75, 3.05) is 20.7 Å². The third-order valence-electron chi connectivity index (χ3n) is 3.98. The third-order valence-corrected chi connectivity index (χ3v) is 5.22. The maximum Gasteiger partial charge on any atom is 0.191 e. The van der Waals surface area contributed by atoms with E-state index in [0.717, 1.165) is 18.1 Å². The lowest BCUT2D eigenvalue weighted by atomic mass is 9.91. The van der Waals surface area contributed by atoms with Gasteiger partial charge in [0.1, 0.15) is 5.82 Å². The van der Waals surface area contributed by atoms with E-state index in [1.54, 1.807) is 31.6 Å². The number of hydrogen-bond acceptors (Lipinski definition) is 3. The van der Waals surface area contributed by atoms with Crippen LogP contribution in [-0.2, 0) is 23.3 Å². The van der Waals surface area contributed by atoms with Crippen LogP contribution in [0.5, 0.6) is 0 Å². The maximum atomic E-state index is 13.7. The Morgan fingerprint density at radius 1 is 1.28 bits per heavy atom. The van der Waals surface area contributed by atoms with E-state index in [1.165, 1.54) is 10.9 Å². The summed E-state index contributed by atoms with van der Waals surface area (Å²) in [5.74, 6) is 0.480. The van der Waals surface area contributed by atoms with Crippen LogP contribution in [0, 0.1) is 5.82 Å². The second-order valence-corrected chi connectivity index (χ2v) is 7.45. The smallest absolute Gasteiger partial charge is 0.191 e. The van der Waals surface area contributed by atoms with Crippen molar-refractivity contribution in [1.82, 2.24) is 10.6 Å². The van der Waals surface area contributed by atoms with Gasteiger partial charge in [0.05, 0.1) is 6.61 Å². The summed E-state index contributed by atoms with van der Waals surface area (Å²) in [4.78, 5) is 5.59. The molecule has 1 aromatic carbocycles. The zero-order chi connectivity index (χ0) is 18.3. The van der Waals surface area contributed by atoms with Gasteiger partial charge in [0, 0.05) is 43.1 Å². The summed E-state index contributed by atoms with van der Waals surface area (Å²) < 4.78 is 18.7. The van der Waals surface area contributed by atoms with E-state index in [9.17, 15) is 4.39 Å². The predicted molar refractivity (Wildman–Crippen MR) is 103 cm³/mol. The molecule has 0 fully saturated rings. The molecule has 0 saturated carbocycles. The summed E-state index contributed by atoms with van der Waals surface area (Å²) in [6.07, 6.45) is 0. The Hall–Kier alpha value is -1.92. The second kappa shape index (κ2) is 8.97. The van der Waals surface area contributed by atoms with Crippen molar-refractivity contribution in [3.05, 3.63) is 57.5 Å². The van der Waals surface area contributed by atoms with Gasteiger partial charge in [-0.2, -0.15) is 0 Å². The fourth-order valence-corrected chi connectivity index (χ4v) is 3.32. The van der Waals surface area contributed by atoms with Crippen LogP contribution >= 0.6 is 11.3 Å². The fraction of sp³-hybridized carbons (Fsp3) is 0.421. The number of nitrogens with zero attached hydrogens (tertiary/aromatic N) is 1. The standard InChI is InChI=1S/C19H26FN3OS/c1-19(2,17-6-5-9-25-17)13-23-18(21-3)22-11-14-7-8-16(20)15(10-14)12-24-4/h5-10H,11-13H2,1-4H3,(H2,21,22,23). The number of thiophene rings is 1. The molecule has 6 heteroatoms. The first-order chi connectivity index (χ1) is 12.0. The van der Waals surface area contributed by atoms with E-state index in [0.29, 0.717) is 12.1 Å². The first-order valence-electron chi connectivity index (χ1n) is 8.21. The van der Waals surface area contributed by atoms with Crippen LogP contribution in [0.3, 0.4) is 0 Å². The Kier molecular flexibility index (Phi) is 6.96. The number of guanidine groups is 1. The zero-order valence-electron chi connectivity index (χ0n) is 15.2. The minimum atomic E-state index is -0.245. The SMILES string of the molecule is CN=C(NCc1ccc(F)c(COC)c1)NCC(C)(C)c1cccs1. The van der Waals surface area contributed by atoms with Crippen LogP contribution in [0.1, 0.15) is 29.9 Å². The van der Waals surface area contributed by atoms with Gasteiger partial charge in [0.2, 0.25) is 0 Å². The summed E-state index contributed by atoms with van der Waals surface area (Å²) in [5, 5.41) is 8.73. The summed E-state index contributed by atoms with van der Waals surface area (Å²) in [6.45, 7) is 6.01. The normalized spacial score (nSPS) is 12.3. The number of ether oxygens (including phenoxy) is 1. The molecule has 4 nitrogen and oxygen atoms in total. The minimum absolute atomic E-state index is 0.0211. The third kappa shape index (κ3) is 5.54. The van der Waals surface area contributed by atoms with Crippen LogP contribution in [0.4, 0.5) is 4.39 Å². The second-order valence-electron chi connectivity index (χ2n) is 6.50. The van der Waals surface area contributed by atoms with Crippen molar-refractivity contribution in [2.24, 2.45) is 4.99 Å². The molecule has 0 saturated heterocycles. The Bertz CT molecular complexity index is 699. The maximum absolute atomic E-state index is 13.7. The quantitative estimate of drug-likeness (QED) is 0.583. The number of aliphatic imine (C=N–C) groups is 1. The van der Waals surface area contributed by atoms with E-state index in [4.69, 9.17) is 4.74 Å². The lowest BCUT2D eigenvalue weighted by molar-refractivity contribution is 0.181. The molecule has 0 atom stereocenters. The monoisotopic (exact) mass is 363 g/mol. The van der Waals surface area contributed by atoms with Gasteiger partial charge < -0.3 is 15.4 Å². The van der Waals surface area contributed by atoms with Crippen LogP contribution < -0.4 is 10.6 Å². The summed E-state index contributed by atoms with van der Waals surface area (Å²) in [6, 6.07) is 9.28. The molecule has 0 radical (unpaired) electrons. The number of nitrogens with one attached hydrogen (secondary N) is 2. The summed E-state index contributed by atoms with van der Waals surface area (Å²) in [5.41, 5.74) is 1.56. The molecule has 1 heterocycles. The molecule has 0 spiro atoms. The highest BCUT2D eigenvalue weighted by molar-refractivity contribution is 7.10. The van der Waals surface area contributed by atoms with Crippen LogP contribution in [0.15, 0.2) is 40.7 Å². The average Bonchev–Trinajstić information content (AvgIpc) is 3.13. The molecule has 0 aliphatic heterocycles. The number of hydrogen-bond donors (Lipinski definition) is 2. The molecule has 0 aliphatic carbocycles. The van der Waals surface area contributed by atoms with Gasteiger partial charge in [0.15, 0.2) is 5.96 Å². The Morgan fingerprint density at radius 2 is 2.08 bits per heavy atom. The first kappa shape index (κ1) is 19.4. The van der Waals surface area contributed by atoms with Gasteiger partial charge in [-0.3, -0.25) is 4.99 Å². The van der Waals surface area contributed by atoms with Gasteiger partial charge in [-0.1, -0.05) is 26.0 Å².